The SMILES string of the molecule is OC(CNCCCCC(F)(F)F)c1ccc(F)cc1F. The van der Waals surface area contributed by atoms with E-state index < -0.39 is 30.3 Å². The molecule has 1 aromatic rings. The van der Waals surface area contributed by atoms with E-state index in [4.69, 9.17) is 0 Å². The number of benzene rings is 1. The summed E-state index contributed by atoms with van der Waals surface area (Å²) in [4.78, 5) is 0. The molecular weight excluding hydrogens is 281 g/mol. The van der Waals surface area contributed by atoms with Crippen molar-refractivity contribution in [3.8, 4) is 0 Å². The van der Waals surface area contributed by atoms with E-state index in [2.05, 4.69) is 5.32 Å². The number of alkyl halides is 3. The molecule has 0 bridgehead atoms. The first-order valence-electron chi connectivity index (χ1n) is 6.20. The molecule has 0 aliphatic heterocycles. The van der Waals surface area contributed by atoms with Gasteiger partial charge in [0.25, 0.3) is 0 Å². The van der Waals surface area contributed by atoms with E-state index >= 15 is 0 Å². The second-order valence-corrected chi connectivity index (χ2v) is 4.46. The maximum Gasteiger partial charge on any atom is 0.389 e. The number of halogens is 5. The number of aliphatic hydroxyl groups is 1. The quantitative estimate of drug-likeness (QED) is 0.598. The first-order chi connectivity index (χ1) is 9.29. The van der Waals surface area contributed by atoms with Crippen LogP contribution in [0.15, 0.2) is 18.2 Å². The summed E-state index contributed by atoms with van der Waals surface area (Å²) < 4.78 is 61.6. The van der Waals surface area contributed by atoms with Gasteiger partial charge in [0.2, 0.25) is 0 Å². The van der Waals surface area contributed by atoms with Crippen LogP contribution < -0.4 is 5.32 Å². The van der Waals surface area contributed by atoms with Crippen molar-refractivity contribution in [1.29, 1.82) is 0 Å². The Labute approximate surface area is 113 Å². The van der Waals surface area contributed by atoms with Gasteiger partial charge < -0.3 is 10.4 Å². The highest BCUT2D eigenvalue weighted by Crippen LogP contribution is 2.22. The highest BCUT2D eigenvalue weighted by Gasteiger charge is 2.25. The van der Waals surface area contributed by atoms with Gasteiger partial charge in [0.05, 0.1) is 6.10 Å². The predicted octanol–water partition coefficient (Wildman–Crippen LogP) is 3.32. The fourth-order valence-corrected chi connectivity index (χ4v) is 1.70. The second-order valence-electron chi connectivity index (χ2n) is 4.46. The molecule has 1 aromatic carbocycles. The van der Waals surface area contributed by atoms with Gasteiger partial charge in [0.15, 0.2) is 0 Å². The summed E-state index contributed by atoms with van der Waals surface area (Å²) in [6.07, 6.45) is -5.87. The van der Waals surface area contributed by atoms with Crippen LogP contribution in [0.3, 0.4) is 0 Å². The van der Waals surface area contributed by atoms with E-state index in [1.54, 1.807) is 0 Å². The highest BCUT2D eigenvalue weighted by atomic mass is 19.4. The van der Waals surface area contributed by atoms with Crippen molar-refractivity contribution in [3.05, 3.63) is 35.4 Å². The minimum atomic E-state index is -4.16. The van der Waals surface area contributed by atoms with E-state index in [0.717, 1.165) is 12.1 Å². The Morgan fingerprint density at radius 2 is 1.85 bits per heavy atom. The maximum absolute atomic E-state index is 13.3. The van der Waals surface area contributed by atoms with E-state index in [9.17, 15) is 27.1 Å². The van der Waals surface area contributed by atoms with Gasteiger partial charge in [0, 0.05) is 24.6 Å². The zero-order chi connectivity index (χ0) is 15.2. The zero-order valence-electron chi connectivity index (χ0n) is 10.7. The first-order valence-corrected chi connectivity index (χ1v) is 6.20. The topological polar surface area (TPSA) is 32.3 Å². The predicted molar refractivity (Wildman–Crippen MR) is 64.1 cm³/mol. The molecule has 1 unspecified atom stereocenters. The number of hydrogen-bond donors (Lipinski definition) is 2. The summed E-state index contributed by atoms with van der Waals surface area (Å²) in [7, 11) is 0. The van der Waals surface area contributed by atoms with Crippen molar-refractivity contribution in [2.24, 2.45) is 0 Å². The summed E-state index contributed by atoms with van der Waals surface area (Å²) in [5, 5.41) is 12.4. The summed E-state index contributed by atoms with van der Waals surface area (Å²) in [5.41, 5.74) is -0.0470. The van der Waals surface area contributed by atoms with Crippen LogP contribution in [-0.2, 0) is 0 Å². The Hall–Kier alpha value is -1.21. The Morgan fingerprint density at radius 1 is 1.15 bits per heavy atom. The average Bonchev–Trinajstić information content (AvgIpc) is 2.32. The third-order valence-corrected chi connectivity index (χ3v) is 2.72. The zero-order valence-corrected chi connectivity index (χ0v) is 10.7. The molecule has 2 N–H and O–H groups in total. The van der Waals surface area contributed by atoms with Crippen LogP contribution in [-0.4, -0.2) is 24.4 Å². The molecule has 0 heterocycles. The molecule has 0 amide bonds. The molecule has 0 aliphatic carbocycles. The maximum atomic E-state index is 13.3. The molecule has 0 saturated carbocycles. The number of unbranched alkanes of at least 4 members (excludes halogenated alkanes) is 1. The van der Waals surface area contributed by atoms with Gasteiger partial charge in [-0.2, -0.15) is 13.2 Å². The lowest BCUT2D eigenvalue weighted by Gasteiger charge is -2.13. The van der Waals surface area contributed by atoms with Gasteiger partial charge in [-0.3, -0.25) is 0 Å². The molecule has 0 saturated heterocycles. The van der Waals surface area contributed by atoms with Crippen LogP contribution in [0.4, 0.5) is 22.0 Å². The van der Waals surface area contributed by atoms with Crippen molar-refractivity contribution in [1.82, 2.24) is 5.32 Å². The molecule has 20 heavy (non-hydrogen) atoms. The van der Waals surface area contributed by atoms with Gasteiger partial charge in [-0.15, -0.1) is 0 Å². The lowest BCUT2D eigenvalue weighted by molar-refractivity contribution is -0.135. The van der Waals surface area contributed by atoms with E-state index in [0.29, 0.717) is 12.5 Å². The Bertz CT molecular complexity index is 422. The van der Waals surface area contributed by atoms with Crippen LogP contribution in [0.1, 0.15) is 30.9 Å². The lowest BCUT2D eigenvalue weighted by atomic mass is 10.1. The molecule has 1 rings (SSSR count). The monoisotopic (exact) mass is 297 g/mol. The normalized spacial score (nSPS) is 13.5. The molecule has 1 atom stereocenters. The molecule has 0 aromatic heterocycles. The third kappa shape index (κ3) is 6.29. The summed E-state index contributed by atoms with van der Waals surface area (Å²) in [6.45, 7) is 0.282. The van der Waals surface area contributed by atoms with Crippen molar-refractivity contribution in [2.45, 2.75) is 31.5 Å². The van der Waals surface area contributed by atoms with Crippen LogP contribution in [0, 0.1) is 11.6 Å². The lowest BCUT2D eigenvalue weighted by Crippen LogP contribution is -2.23. The smallest absolute Gasteiger partial charge is 0.387 e. The number of rotatable bonds is 7. The Morgan fingerprint density at radius 3 is 2.45 bits per heavy atom. The third-order valence-electron chi connectivity index (χ3n) is 2.72. The van der Waals surface area contributed by atoms with Crippen molar-refractivity contribution >= 4 is 0 Å². The Kier molecular flexibility index (Phi) is 6.35. The van der Waals surface area contributed by atoms with Crippen molar-refractivity contribution < 1.29 is 27.1 Å². The Balaban J connectivity index is 2.25. The summed E-state index contributed by atoms with van der Waals surface area (Å²) in [6, 6.07) is 2.84. The number of hydrogen-bond acceptors (Lipinski definition) is 2. The number of aliphatic hydroxyl groups excluding tert-OH is 1. The van der Waals surface area contributed by atoms with Crippen molar-refractivity contribution in [2.75, 3.05) is 13.1 Å². The summed E-state index contributed by atoms with van der Waals surface area (Å²) in [5.74, 6) is -1.59. The fraction of sp³-hybridized carbons (Fsp3) is 0.538. The van der Waals surface area contributed by atoms with Crippen LogP contribution in [0.2, 0.25) is 0 Å². The summed E-state index contributed by atoms with van der Waals surface area (Å²) >= 11 is 0. The molecule has 0 radical (unpaired) electrons. The molecular formula is C13H16F5NO. The largest absolute Gasteiger partial charge is 0.389 e. The minimum Gasteiger partial charge on any atom is -0.387 e. The highest BCUT2D eigenvalue weighted by molar-refractivity contribution is 5.21. The van der Waals surface area contributed by atoms with Crippen LogP contribution >= 0.6 is 0 Å². The van der Waals surface area contributed by atoms with Crippen LogP contribution in [0.5, 0.6) is 0 Å². The average molecular weight is 297 g/mol. The number of nitrogens with one attached hydrogen (secondary N) is 1. The van der Waals surface area contributed by atoms with Gasteiger partial charge in [-0.05, 0) is 25.5 Å². The van der Waals surface area contributed by atoms with Gasteiger partial charge in [-0.1, -0.05) is 6.07 Å². The molecule has 2 nitrogen and oxygen atoms in total. The van der Waals surface area contributed by atoms with Crippen molar-refractivity contribution in [3.63, 3.8) is 0 Å². The van der Waals surface area contributed by atoms with E-state index in [-0.39, 0.29) is 25.1 Å². The molecule has 0 aliphatic rings. The second kappa shape index (κ2) is 7.54. The fourth-order valence-electron chi connectivity index (χ4n) is 1.70. The van der Waals surface area contributed by atoms with Gasteiger partial charge in [-0.25, -0.2) is 8.78 Å². The molecule has 7 heteroatoms. The van der Waals surface area contributed by atoms with Gasteiger partial charge in [0.1, 0.15) is 11.6 Å². The first kappa shape index (κ1) is 16.8. The van der Waals surface area contributed by atoms with E-state index in [1.165, 1.54) is 0 Å². The minimum absolute atomic E-state index is 0.00248. The van der Waals surface area contributed by atoms with Crippen LogP contribution in [0.25, 0.3) is 0 Å². The standard InChI is InChI=1S/C13H16F5NO/c14-9-3-4-10(11(15)7-9)12(20)8-19-6-2-1-5-13(16,17)18/h3-4,7,12,19-20H,1-2,5-6,8H2. The van der Waals surface area contributed by atoms with Gasteiger partial charge >= 0.3 is 6.18 Å². The molecule has 0 fully saturated rings. The molecule has 114 valence electrons. The van der Waals surface area contributed by atoms with E-state index in [1.807, 2.05) is 0 Å². The molecule has 0 spiro atoms.